The van der Waals surface area contributed by atoms with Gasteiger partial charge in [0.1, 0.15) is 5.69 Å². The minimum atomic E-state index is -0.711. The highest BCUT2D eigenvalue weighted by Gasteiger charge is 2.25. The number of hydrogen-bond donors (Lipinski definition) is 1. The highest BCUT2D eigenvalue weighted by molar-refractivity contribution is 6.00. The zero-order valence-electron chi connectivity index (χ0n) is 17.7. The van der Waals surface area contributed by atoms with Gasteiger partial charge in [0.15, 0.2) is 6.61 Å². The molecule has 1 N–H and O–H groups in total. The first-order chi connectivity index (χ1) is 14.9. The van der Waals surface area contributed by atoms with Crippen molar-refractivity contribution in [3.63, 3.8) is 0 Å². The molecule has 0 aliphatic rings. The second-order valence-electron chi connectivity index (χ2n) is 6.99. The number of para-hydroxylation sites is 1. The summed E-state index contributed by atoms with van der Waals surface area (Å²) >= 11 is 0. The first-order valence-electron chi connectivity index (χ1n) is 9.76. The third-order valence-electron chi connectivity index (χ3n) is 4.91. The number of ether oxygens (including phenoxy) is 2. The van der Waals surface area contributed by atoms with Gasteiger partial charge in [0.25, 0.3) is 5.91 Å². The van der Waals surface area contributed by atoms with Crippen molar-refractivity contribution < 1.29 is 23.9 Å². The van der Waals surface area contributed by atoms with E-state index in [-0.39, 0.29) is 17.2 Å². The summed E-state index contributed by atoms with van der Waals surface area (Å²) in [6, 6.07) is 18.7. The van der Waals surface area contributed by atoms with Crippen molar-refractivity contribution in [1.82, 2.24) is 4.98 Å². The van der Waals surface area contributed by atoms with Crippen LogP contribution in [0.3, 0.4) is 0 Å². The quantitative estimate of drug-likeness (QED) is 0.587. The number of aromatic amines is 1. The van der Waals surface area contributed by atoms with E-state index in [2.05, 4.69) is 4.98 Å². The second-order valence-corrected chi connectivity index (χ2v) is 6.99. The zero-order valence-corrected chi connectivity index (χ0v) is 17.7. The Morgan fingerprint density at radius 2 is 1.52 bits per heavy atom. The summed E-state index contributed by atoms with van der Waals surface area (Å²) in [6.45, 7) is 3.19. The van der Waals surface area contributed by atoms with Crippen LogP contribution in [0.2, 0.25) is 0 Å². The minimum Gasteiger partial charge on any atom is -0.465 e. The average Bonchev–Trinajstić information content (AvgIpc) is 3.10. The van der Waals surface area contributed by atoms with Crippen molar-refractivity contribution >= 4 is 23.5 Å². The monoisotopic (exact) mass is 420 g/mol. The number of aromatic nitrogens is 1. The first kappa shape index (κ1) is 21.8. The molecule has 0 fully saturated rings. The zero-order chi connectivity index (χ0) is 22.4. The van der Waals surface area contributed by atoms with Crippen LogP contribution in [-0.2, 0) is 20.8 Å². The number of benzene rings is 2. The third kappa shape index (κ3) is 5.01. The van der Waals surface area contributed by atoms with E-state index >= 15 is 0 Å². The SMILES string of the molecule is COC(=O)c1c(C)[nH]c(C(=O)OCC(=O)N(Cc2ccccc2)c2ccccc2)c1C. The van der Waals surface area contributed by atoms with Gasteiger partial charge in [-0.3, -0.25) is 4.79 Å². The van der Waals surface area contributed by atoms with E-state index < -0.39 is 18.5 Å². The van der Waals surface area contributed by atoms with Gasteiger partial charge in [-0.15, -0.1) is 0 Å². The molecule has 0 bridgehead atoms. The molecule has 0 saturated heterocycles. The van der Waals surface area contributed by atoms with Crippen LogP contribution >= 0.6 is 0 Å². The van der Waals surface area contributed by atoms with E-state index in [0.717, 1.165) is 5.56 Å². The lowest BCUT2D eigenvalue weighted by atomic mass is 10.1. The van der Waals surface area contributed by atoms with E-state index in [1.807, 2.05) is 60.7 Å². The summed E-state index contributed by atoms with van der Waals surface area (Å²) in [5, 5.41) is 0. The summed E-state index contributed by atoms with van der Waals surface area (Å²) in [5.74, 6) is -1.62. The first-order valence-corrected chi connectivity index (χ1v) is 9.76. The molecule has 0 radical (unpaired) electrons. The van der Waals surface area contributed by atoms with E-state index in [1.54, 1.807) is 18.7 Å². The van der Waals surface area contributed by atoms with Gasteiger partial charge < -0.3 is 19.4 Å². The summed E-state index contributed by atoms with van der Waals surface area (Å²) in [4.78, 5) is 41.9. The maximum Gasteiger partial charge on any atom is 0.355 e. The molecule has 3 rings (SSSR count). The molecular weight excluding hydrogens is 396 g/mol. The highest BCUT2D eigenvalue weighted by atomic mass is 16.5. The molecule has 0 saturated carbocycles. The maximum atomic E-state index is 13.0. The molecule has 0 aliphatic heterocycles. The van der Waals surface area contributed by atoms with E-state index in [0.29, 0.717) is 23.5 Å². The number of H-pyrrole nitrogens is 1. The van der Waals surface area contributed by atoms with Crippen LogP contribution in [0.25, 0.3) is 0 Å². The van der Waals surface area contributed by atoms with Gasteiger partial charge in [-0.2, -0.15) is 0 Å². The van der Waals surface area contributed by atoms with Gasteiger partial charge in [0.05, 0.1) is 19.2 Å². The Morgan fingerprint density at radius 3 is 2.13 bits per heavy atom. The van der Waals surface area contributed by atoms with Gasteiger partial charge in [-0.1, -0.05) is 48.5 Å². The van der Waals surface area contributed by atoms with Crippen molar-refractivity contribution in [1.29, 1.82) is 0 Å². The lowest BCUT2D eigenvalue weighted by Gasteiger charge is -2.23. The summed E-state index contributed by atoms with van der Waals surface area (Å²) in [6.07, 6.45) is 0. The Balaban J connectivity index is 1.75. The predicted octanol–water partition coefficient (Wildman–Crippen LogP) is 3.81. The minimum absolute atomic E-state index is 0.125. The van der Waals surface area contributed by atoms with Crippen molar-refractivity contribution in [2.45, 2.75) is 20.4 Å². The van der Waals surface area contributed by atoms with Crippen LogP contribution < -0.4 is 4.90 Å². The van der Waals surface area contributed by atoms with E-state index in [9.17, 15) is 14.4 Å². The highest BCUT2D eigenvalue weighted by Crippen LogP contribution is 2.20. The molecule has 1 heterocycles. The molecule has 2 aromatic carbocycles. The van der Waals surface area contributed by atoms with Gasteiger partial charge in [0.2, 0.25) is 0 Å². The molecule has 0 atom stereocenters. The Labute approximate surface area is 180 Å². The van der Waals surface area contributed by atoms with Crippen molar-refractivity contribution in [2.24, 2.45) is 0 Å². The fraction of sp³-hybridized carbons (Fsp3) is 0.208. The molecule has 3 aromatic rings. The molecule has 1 amide bonds. The molecular formula is C24H24N2O5. The standard InChI is InChI=1S/C24H24N2O5/c1-16-21(23(28)30-3)17(2)25-22(16)24(29)31-15-20(27)26(19-12-8-5-9-13-19)14-18-10-6-4-7-11-18/h4-13,25H,14-15H2,1-3H3. The summed E-state index contributed by atoms with van der Waals surface area (Å²) in [7, 11) is 1.27. The van der Waals surface area contributed by atoms with Gasteiger partial charge in [0, 0.05) is 11.4 Å². The summed E-state index contributed by atoms with van der Waals surface area (Å²) < 4.78 is 10.0. The smallest absolute Gasteiger partial charge is 0.355 e. The van der Waals surface area contributed by atoms with Crippen LogP contribution in [-0.4, -0.2) is 36.5 Å². The molecule has 0 spiro atoms. The van der Waals surface area contributed by atoms with Crippen molar-refractivity contribution in [3.05, 3.63) is 88.7 Å². The van der Waals surface area contributed by atoms with Crippen molar-refractivity contribution in [3.8, 4) is 0 Å². The average molecular weight is 420 g/mol. The lowest BCUT2D eigenvalue weighted by molar-refractivity contribution is -0.121. The van der Waals surface area contributed by atoms with Gasteiger partial charge in [-0.05, 0) is 37.1 Å². The number of anilines is 1. The summed E-state index contributed by atoms with van der Waals surface area (Å²) in [5.41, 5.74) is 2.98. The molecule has 31 heavy (non-hydrogen) atoms. The number of aryl methyl sites for hydroxylation is 1. The lowest BCUT2D eigenvalue weighted by Crippen LogP contribution is -2.34. The maximum absolute atomic E-state index is 13.0. The molecule has 160 valence electrons. The number of rotatable bonds is 7. The molecule has 7 heteroatoms. The number of nitrogens with one attached hydrogen (secondary N) is 1. The number of carbonyl (C=O) groups excluding carboxylic acids is 3. The van der Waals surface area contributed by atoms with E-state index in [4.69, 9.17) is 9.47 Å². The van der Waals surface area contributed by atoms with Crippen LogP contribution in [0.15, 0.2) is 60.7 Å². The number of methoxy groups -OCH3 is 1. The van der Waals surface area contributed by atoms with Gasteiger partial charge >= 0.3 is 11.9 Å². The van der Waals surface area contributed by atoms with Crippen LogP contribution in [0.1, 0.15) is 37.7 Å². The Bertz CT molecular complexity index is 1070. The normalized spacial score (nSPS) is 10.4. The number of nitrogens with zero attached hydrogens (tertiary/aromatic N) is 1. The predicted molar refractivity (Wildman–Crippen MR) is 116 cm³/mol. The van der Waals surface area contributed by atoms with Crippen LogP contribution in [0.4, 0.5) is 5.69 Å². The Kier molecular flexibility index (Phi) is 6.87. The number of carbonyl (C=O) groups is 3. The molecule has 1 aromatic heterocycles. The second kappa shape index (κ2) is 9.75. The Hall–Kier alpha value is -3.87. The fourth-order valence-corrected chi connectivity index (χ4v) is 3.34. The van der Waals surface area contributed by atoms with Crippen molar-refractivity contribution in [2.75, 3.05) is 18.6 Å². The Morgan fingerprint density at radius 1 is 0.903 bits per heavy atom. The number of hydrogen-bond acceptors (Lipinski definition) is 5. The topological polar surface area (TPSA) is 88.7 Å². The number of esters is 2. The molecule has 7 nitrogen and oxygen atoms in total. The largest absolute Gasteiger partial charge is 0.465 e. The van der Waals surface area contributed by atoms with Crippen LogP contribution in [0.5, 0.6) is 0 Å². The molecule has 0 unspecified atom stereocenters. The molecule has 0 aliphatic carbocycles. The number of amides is 1. The van der Waals surface area contributed by atoms with Gasteiger partial charge in [-0.25, -0.2) is 9.59 Å². The fourth-order valence-electron chi connectivity index (χ4n) is 3.34. The third-order valence-corrected chi connectivity index (χ3v) is 4.91. The van der Waals surface area contributed by atoms with Crippen LogP contribution in [0, 0.1) is 13.8 Å². The van der Waals surface area contributed by atoms with E-state index in [1.165, 1.54) is 7.11 Å².